The second-order valence-corrected chi connectivity index (χ2v) is 4.91. The van der Waals surface area contributed by atoms with Crippen molar-refractivity contribution in [2.75, 3.05) is 13.1 Å². The van der Waals surface area contributed by atoms with Crippen molar-refractivity contribution in [3.05, 3.63) is 34.2 Å². The molecule has 2 atom stereocenters. The summed E-state index contributed by atoms with van der Waals surface area (Å²) < 4.78 is 15.4. The van der Waals surface area contributed by atoms with Crippen LogP contribution < -0.4 is 10.9 Å². The smallest absolute Gasteiger partial charge is 0.254 e. The van der Waals surface area contributed by atoms with E-state index in [0.29, 0.717) is 13.0 Å². The fraction of sp³-hybridized carbons (Fsp3) is 0.615. The lowest BCUT2D eigenvalue weighted by Crippen LogP contribution is -2.42. The summed E-state index contributed by atoms with van der Waals surface area (Å²) in [6.07, 6.45) is 1.39. The van der Waals surface area contributed by atoms with Crippen LogP contribution in [-0.4, -0.2) is 23.8 Å². The predicted molar refractivity (Wildman–Crippen MR) is 66.2 cm³/mol. The fourth-order valence-electron chi connectivity index (χ4n) is 2.35. The molecule has 2 rings (SSSR count). The van der Waals surface area contributed by atoms with Gasteiger partial charge in [0.15, 0.2) is 0 Å². The van der Waals surface area contributed by atoms with Crippen LogP contribution in [0.3, 0.4) is 0 Å². The van der Waals surface area contributed by atoms with Gasteiger partial charge in [0.1, 0.15) is 6.17 Å². The molecule has 1 N–H and O–H groups in total. The summed E-state index contributed by atoms with van der Waals surface area (Å²) in [7, 11) is 0. The second-order valence-electron chi connectivity index (χ2n) is 4.91. The van der Waals surface area contributed by atoms with E-state index >= 15 is 0 Å². The number of pyridine rings is 1. The van der Waals surface area contributed by atoms with E-state index in [1.54, 1.807) is 10.8 Å². The summed E-state index contributed by atoms with van der Waals surface area (Å²) in [5.41, 5.74) is 0.718. The minimum atomic E-state index is -0.983. The second kappa shape index (κ2) is 5.00. The van der Waals surface area contributed by atoms with E-state index in [1.165, 1.54) is 0 Å². The molecule has 1 aromatic rings. The fourth-order valence-corrected chi connectivity index (χ4v) is 2.35. The van der Waals surface area contributed by atoms with Crippen molar-refractivity contribution >= 4 is 0 Å². The number of piperidine rings is 1. The number of nitrogens with one attached hydrogen (secondary N) is 1. The summed E-state index contributed by atoms with van der Waals surface area (Å²) in [4.78, 5) is 12.2. The molecule has 0 spiro atoms. The van der Waals surface area contributed by atoms with Gasteiger partial charge in [-0.1, -0.05) is 19.9 Å². The monoisotopic (exact) mass is 238 g/mol. The van der Waals surface area contributed by atoms with Gasteiger partial charge in [0.2, 0.25) is 0 Å². The topological polar surface area (TPSA) is 34.0 Å². The minimum absolute atomic E-state index is 0.0444. The van der Waals surface area contributed by atoms with Crippen molar-refractivity contribution in [2.24, 2.45) is 0 Å². The van der Waals surface area contributed by atoms with E-state index in [-0.39, 0.29) is 17.5 Å². The molecule has 3 nitrogen and oxygen atoms in total. The summed E-state index contributed by atoms with van der Waals surface area (Å²) >= 11 is 0. The van der Waals surface area contributed by atoms with Gasteiger partial charge in [-0.05, 0) is 24.9 Å². The Hall–Kier alpha value is -1.16. The Morgan fingerprint density at radius 1 is 1.53 bits per heavy atom. The minimum Gasteiger partial charge on any atom is -0.314 e. The van der Waals surface area contributed by atoms with Crippen LogP contribution in [0.4, 0.5) is 4.39 Å². The van der Waals surface area contributed by atoms with E-state index in [2.05, 4.69) is 5.32 Å². The molecule has 2 heterocycles. The van der Waals surface area contributed by atoms with Crippen LogP contribution in [0.1, 0.15) is 37.8 Å². The molecule has 0 amide bonds. The lowest BCUT2D eigenvalue weighted by molar-refractivity contribution is 0.180. The van der Waals surface area contributed by atoms with Gasteiger partial charge < -0.3 is 9.88 Å². The lowest BCUT2D eigenvalue weighted by Gasteiger charge is -2.28. The number of halogens is 1. The summed E-state index contributed by atoms with van der Waals surface area (Å²) in [5, 5.41) is 3.00. The molecular formula is C13H19FN2O. The molecule has 1 aromatic heterocycles. The molecule has 1 fully saturated rings. The normalized spacial score (nSPS) is 25.2. The Morgan fingerprint density at radius 2 is 2.29 bits per heavy atom. The van der Waals surface area contributed by atoms with E-state index in [4.69, 9.17) is 0 Å². The van der Waals surface area contributed by atoms with Crippen LogP contribution in [0, 0.1) is 0 Å². The van der Waals surface area contributed by atoms with Gasteiger partial charge >= 0.3 is 0 Å². The van der Waals surface area contributed by atoms with E-state index in [9.17, 15) is 9.18 Å². The number of alkyl halides is 1. The maximum absolute atomic E-state index is 13.8. The Kier molecular flexibility index (Phi) is 3.62. The first-order valence-electron chi connectivity index (χ1n) is 6.17. The number of aromatic nitrogens is 1. The van der Waals surface area contributed by atoms with Gasteiger partial charge in [-0.2, -0.15) is 0 Å². The lowest BCUT2D eigenvalue weighted by atomic mass is 10.0. The van der Waals surface area contributed by atoms with Crippen LogP contribution in [0.2, 0.25) is 0 Å². The number of hydrogen-bond donors (Lipinski definition) is 1. The zero-order chi connectivity index (χ0) is 12.4. The van der Waals surface area contributed by atoms with Crippen LogP contribution in [-0.2, 0) is 0 Å². The largest absolute Gasteiger partial charge is 0.314 e. The third-order valence-electron chi connectivity index (χ3n) is 3.36. The Morgan fingerprint density at radius 3 is 2.94 bits per heavy atom. The molecule has 0 saturated carbocycles. The summed E-state index contributed by atoms with van der Waals surface area (Å²) in [6, 6.07) is 3.35. The van der Waals surface area contributed by atoms with E-state index in [1.807, 2.05) is 26.0 Å². The third kappa shape index (κ3) is 2.41. The highest BCUT2D eigenvalue weighted by atomic mass is 19.1. The molecule has 4 heteroatoms. The average molecular weight is 238 g/mol. The molecular weight excluding hydrogens is 219 g/mol. The third-order valence-corrected chi connectivity index (χ3v) is 3.36. The van der Waals surface area contributed by atoms with Crippen LogP contribution >= 0.6 is 0 Å². The highest BCUT2D eigenvalue weighted by Crippen LogP contribution is 2.21. The van der Waals surface area contributed by atoms with Crippen molar-refractivity contribution in [2.45, 2.75) is 38.4 Å². The van der Waals surface area contributed by atoms with Gasteiger partial charge in [-0.25, -0.2) is 4.39 Å². The van der Waals surface area contributed by atoms with Crippen LogP contribution in [0.5, 0.6) is 0 Å². The molecule has 94 valence electrons. The van der Waals surface area contributed by atoms with Crippen LogP contribution in [0.15, 0.2) is 23.1 Å². The molecule has 0 radical (unpaired) electrons. The Labute approximate surface area is 101 Å². The van der Waals surface area contributed by atoms with Crippen molar-refractivity contribution in [3.63, 3.8) is 0 Å². The first-order valence-corrected chi connectivity index (χ1v) is 6.17. The van der Waals surface area contributed by atoms with Gasteiger partial charge in [-0.15, -0.1) is 0 Å². The zero-order valence-electron chi connectivity index (χ0n) is 10.3. The van der Waals surface area contributed by atoms with Gasteiger partial charge in [0.25, 0.3) is 5.56 Å². The molecule has 0 aromatic carbocycles. The Balaban J connectivity index is 2.38. The van der Waals surface area contributed by atoms with Crippen molar-refractivity contribution in [3.8, 4) is 0 Å². The first-order chi connectivity index (χ1) is 8.11. The van der Waals surface area contributed by atoms with Gasteiger partial charge in [-0.3, -0.25) is 4.79 Å². The predicted octanol–water partition coefficient (Wildman–Crippen LogP) is 1.84. The highest BCUT2D eigenvalue weighted by Gasteiger charge is 2.27. The van der Waals surface area contributed by atoms with Gasteiger partial charge in [0, 0.05) is 18.3 Å². The molecule has 2 unspecified atom stereocenters. The van der Waals surface area contributed by atoms with Gasteiger partial charge in [0.05, 0.1) is 6.04 Å². The summed E-state index contributed by atoms with van der Waals surface area (Å²) in [6.45, 7) is 5.07. The number of hydrogen-bond acceptors (Lipinski definition) is 2. The highest BCUT2D eigenvalue weighted by molar-refractivity contribution is 5.15. The molecule has 1 aliphatic heterocycles. The SMILES string of the molecule is CC(C)c1cccn(C2CCNCC2F)c1=O. The van der Waals surface area contributed by atoms with E-state index in [0.717, 1.165) is 12.1 Å². The standard InChI is InChI=1S/C13H19FN2O/c1-9(2)10-4-3-7-16(13(10)17)12-5-6-15-8-11(12)14/h3-4,7,9,11-12,15H,5-6,8H2,1-2H3. The average Bonchev–Trinajstić information content (AvgIpc) is 2.30. The zero-order valence-corrected chi connectivity index (χ0v) is 10.3. The number of rotatable bonds is 2. The van der Waals surface area contributed by atoms with Crippen LogP contribution in [0.25, 0.3) is 0 Å². The Bertz CT molecular complexity index is 441. The van der Waals surface area contributed by atoms with Crippen molar-refractivity contribution in [1.29, 1.82) is 0 Å². The molecule has 0 aliphatic carbocycles. The molecule has 1 aliphatic rings. The first kappa shape index (κ1) is 12.3. The molecule has 0 bridgehead atoms. The van der Waals surface area contributed by atoms with Crippen molar-refractivity contribution in [1.82, 2.24) is 9.88 Å². The molecule has 1 saturated heterocycles. The maximum atomic E-state index is 13.8. The molecule has 17 heavy (non-hydrogen) atoms. The van der Waals surface area contributed by atoms with Crippen molar-refractivity contribution < 1.29 is 4.39 Å². The maximum Gasteiger partial charge on any atom is 0.254 e. The number of nitrogens with zero attached hydrogens (tertiary/aromatic N) is 1. The quantitative estimate of drug-likeness (QED) is 0.853. The van der Waals surface area contributed by atoms with E-state index < -0.39 is 6.17 Å². The summed E-state index contributed by atoms with van der Waals surface area (Å²) in [5.74, 6) is 0.176.